The third-order valence-corrected chi connectivity index (χ3v) is 6.67. The van der Waals surface area contributed by atoms with Gasteiger partial charge in [0.2, 0.25) is 15.9 Å². The van der Waals surface area contributed by atoms with E-state index in [0.717, 1.165) is 5.56 Å². The van der Waals surface area contributed by atoms with E-state index >= 15 is 0 Å². The molecule has 1 aliphatic rings. The molecule has 0 radical (unpaired) electrons. The Kier molecular flexibility index (Phi) is 6.89. The Morgan fingerprint density at radius 1 is 1.00 bits per heavy atom. The molecule has 2 amide bonds. The highest BCUT2D eigenvalue weighted by Gasteiger charge is 2.29. The van der Waals surface area contributed by atoms with E-state index in [4.69, 9.17) is 0 Å². The largest absolute Gasteiger partial charge is 0.345 e. The van der Waals surface area contributed by atoms with Crippen molar-refractivity contribution in [1.29, 1.82) is 0 Å². The van der Waals surface area contributed by atoms with Crippen molar-refractivity contribution in [3.05, 3.63) is 65.7 Å². The summed E-state index contributed by atoms with van der Waals surface area (Å²) in [6, 6.07) is 16.4. The molecule has 30 heavy (non-hydrogen) atoms. The maximum Gasteiger partial charge on any atom is 0.253 e. The zero-order valence-electron chi connectivity index (χ0n) is 17.2. The van der Waals surface area contributed by atoms with Crippen LogP contribution >= 0.6 is 0 Å². The second-order valence-electron chi connectivity index (χ2n) is 7.58. The van der Waals surface area contributed by atoms with E-state index in [-0.39, 0.29) is 23.8 Å². The molecule has 1 aliphatic heterocycles. The zero-order valence-corrected chi connectivity index (χ0v) is 18.0. The van der Waals surface area contributed by atoms with Crippen LogP contribution in [0.2, 0.25) is 0 Å². The maximum absolute atomic E-state index is 12.8. The van der Waals surface area contributed by atoms with E-state index < -0.39 is 10.0 Å². The first-order chi connectivity index (χ1) is 14.3. The van der Waals surface area contributed by atoms with Crippen molar-refractivity contribution in [2.24, 2.45) is 5.92 Å². The number of para-hydroxylation sites is 1. The van der Waals surface area contributed by atoms with Crippen LogP contribution in [0.15, 0.2) is 54.6 Å². The van der Waals surface area contributed by atoms with Crippen molar-refractivity contribution >= 4 is 27.5 Å². The van der Waals surface area contributed by atoms with Gasteiger partial charge in [-0.05, 0) is 37.5 Å². The van der Waals surface area contributed by atoms with Gasteiger partial charge in [0.1, 0.15) is 0 Å². The number of piperidine rings is 1. The van der Waals surface area contributed by atoms with Gasteiger partial charge in [-0.25, -0.2) is 12.7 Å². The minimum Gasteiger partial charge on any atom is -0.345 e. The zero-order chi connectivity index (χ0) is 21.7. The molecule has 0 aromatic heterocycles. The van der Waals surface area contributed by atoms with Gasteiger partial charge in [-0.1, -0.05) is 42.5 Å². The van der Waals surface area contributed by atoms with E-state index in [9.17, 15) is 18.0 Å². The van der Waals surface area contributed by atoms with Crippen LogP contribution in [0.4, 0.5) is 5.69 Å². The van der Waals surface area contributed by atoms with Crippen LogP contribution < -0.4 is 10.6 Å². The molecule has 8 heteroatoms. The molecule has 0 spiro atoms. The Morgan fingerprint density at radius 3 is 2.23 bits per heavy atom. The van der Waals surface area contributed by atoms with E-state index in [2.05, 4.69) is 10.6 Å². The van der Waals surface area contributed by atoms with Crippen LogP contribution in [-0.2, 0) is 14.8 Å². The van der Waals surface area contributed by atoms with Crippen LogP contribution in [0.25, 0.3) is 0 Å². The lowest BCUT2D eigenvalue weighted by atomic mass is 9.97. The molecule has 2 aromatic carbocycles. The molecular weight excluding hydrogens is 402 g/mol. The molecule has 2 N–H and O–H groups in total. The third kappa shape index (κ3) is 5.46. The summed E-state index contributed by atoms with van der Waals surface area (Å²) >= 11 is 0. The molecule has 1 heterocycles. The standard InChI is InChI=1S/C22H27N3O4S/c1-16(17-8-4-3-5-9-17)23-22(27)19-10-6-7-11-20(19)24-21(26)18-12-14-25(15-13-18)30(2,28)29/h3-11,16,18H,12-15H2,1-2H3,(H,23,27)(H,24,26)/t16-/m1/s1. The number of nitrogens with zero attached hydrogens (tertiary/aromatic N) is 1. The Balaban J connectivity index is 1.65. The van der Waals surface area contributed by atoms with Crippen molar-refractivity contribution in [2.75, 3.05) is 24.7 Å². The molecule has 1 fully saturated rings. The Morgan fingerprint density at radius 2 is 1.60 bits per heavy atom. The van der Waals surface area contributed by atoms with Gasteiger partial charge >= 0.3 is 0 Å². The smallest absolute Gasteiger partial charge is 0.253 e. The molecule has 0 aliphatic carbocycles. The number of hydrogen-bond acceptors (Lipinski definition) is 4. The number of sulfonamides is 1. The average molecular weight is 430 g/mol. The normalized spacial score (nSPS) is 16.6. The highest BCUT2D eigenvalue weighted by molar-refractivity contribution is 7.88. The summed E-state index contributed by atoms with van der Waals surface area (Å²) in [6.07, 6.45) is 2.09. The van der Waals surface area contributed by atoms with Gasteiger partial charge < -0.3 is 10.6 Å². The van der Waals surface area contributed by atoms with Crippen LogP contribution in [0.3, 0.4) is 0 Å². The van der Waals surface area contributed by atoms with Gasteiger partial charge in [0.25, 0.3) is 5.91 Å². The van der Waals surface area contributed by atoms with Crippen molar-refractivity contribution in [2.45, 2.75) is 25.8 Å². The van der Waals surface area contributed by atoms with Crippen LogP contribution in [0.1, 0.15) is 41.7 Å². The first-order valence-corrected chi connectivity index (χ1v) is 11.8. The van der Waals surface area contributed by atoms with E-state index in [1.807, 2.05) is 37.3 Å². The second kappa shape index (κ2) is 9.40. The second-order valence-corrected chi connectivity index (χ2v) is 9.56. The monoisotopic (exact) mass is 429 g/mol. The maximum atomic E-state index is 12.8. The van der Waals surface area contributed by atoms with Gasteiger partial charge in [0.05, 0.1) is 23.5 Å². The number of carbonyl (C=O) groups excluding carboxylic acids is 2. The molecule has 1 saturated heterocycles. The van der Waals surface area contributed by atoms with Crippen LogP contribution in [0, 0.1) is 5.92 Å². The molecular formula is C22H27N3O4S. The lowest BCUT2D eigenvalue weighted by Crippen LogP contribution is -2.41. The Bertz CT molecular complexity index is 1000. The number of benzene rings is 2. The highest BCUT2D eigenvalue weighted by atomic mass is 32.2. The summed E-state index contributed by atoms with van der Waals surface area (Å²) in [4.78, 5) is 25.6. The molecule has 7 nitrogen and oxygen atoms in total. The summed E-state index contributed by atoms with van der Waals surface area (Å²) in [5, 5.41) is 5.82. The molecule has 3 rings (SSSR count). The topological polar surface area (TPSA) is 95.6 Å². The molecule has 0 bridgehead atoms. The predicted molar refractivity (Wildman–Crippen MR) is 117 cm³/mol. The summed E-state index contributed by atoms with van der Waals surface area (Å²) < 4.78 is 24.7. The highest BCUT2D eigenvalue weighted by Crippen LogP contribution is 2.23. The fraction of sp³-hybridized carbons (Fsp3) is 0.364. The number of carbonyl (C=O) groups is 2. The van der Waals surface area contributed by atoms with E-state index in [1.54, 1.807) is 24.3 Å². The van der Waals surface area contributed by atoms with Gasteiger partial charge in [-0.3, -0.25) is 9.59 Å². The summed E-state index contributed by atoms with van der Waals surface area (Å²) in [5.74, 6) is -0.754. The number of anilines is 1. The van der Waals surface area contributed by atoms with Gasteiger partial charge in [-0.2, -0.15) is 0 Å². The van der Waals surface area contributed by atoms with Crippen LogP contribution in [-0.4, -0.2) is 43.9 Å². The summed E-state index contributed by atoms with van der Waals surface area (Å²) in [6.45, 7) is 2.56. The van der Waals surface area contributed by atoms with Crippen molar-refractivity contribution in [1.82, 2.24) is 9.62 Å². The fourth-order valence-corrected chi connectivity index (χ4v) is 4.45. The summed E-state index contributed by atoms with van der Waals surface area (Å²) in [5.41, 5.74) is 1.83. The average Bonchev–Trinajstić information content (AvgIpc) is 2.74. The first kappa shape index (κ1) is 22.0. The number of rotatable bonds is 6. The third-order valence-electron chi connectivity index (χ3n) is 5.37. The lowest BCUT2D eigenvalue weighted by molar-refractivity contribution is -0.120. The quantitative estimate of drug-likeness (QED) is 0.738. The number of nitrogens with one attached hydrogen (secondary N) is 2. The SMILES string of the molecule is C[C@@H](NC(=O)c1ccccc1NC(=O)C1CCN(S(C)(=O)=O)CC1)c1ccccc1. The van der Waals surface area contributed by atoms with Crippen molar-refractivity contribution < 1.29 is 18.0 Å². The first-order valence-electron chi connectivity index (χ1n) is 9.96. The Labute approximate surface area is 177 Å². The van der Waals surface area contributed by atoms with Crippen molar-refractivity contribution in [3.63, 3.8) is 0 Å². The van der Waals surface area contributed by atoms with E-state index in [1.165, 1.54) is 10.6 Å². The number of amides is 2. The van der Waals surface area contributed by atoms with Gasteiger partial charge in [0.15, 0.2) is 0 Å². The van der Waals surface area contributed by atoms with Crippen molar-refractivity contribution in [3.8, 4) is 0 Å². The molecule has 0 unspecified atom stereocenters. The minimum absolute atomic E-state index is 0.178. The lowest BCUT2D eigenvalue weighted by Gasteiger charge is -2.29. The van der Waals surface area contributed by atoms with Crippen LogP contribution in [0.5, 0.6) is 0 Å². The van der Waals surface area contributed by atoms with Gasteiger partial charge in [-0.15, -0.1) is 0 Å². The minimum atomic E-state index is -3.24. The molecule has 1 atom stereocenters. The molecule has 160 valence electrons. The van der Waals surface area contributed by atoms with E-state index in [0.29, 0.717) is 37.2 Å². The number of hydrogen-bond donors (Lipinski definition) is 2. The fourth-order valence-electron chi connectivity index (χ4n) is 3.57. The Hall–Kier alpha value is -2.71. The molecule has 2 aromatic rings. The summed E-state index contributed by atoms with van der Waals surface area (Å²) in [7, 11) is -3.24. The van der Waals surface area contributed by atoms with Gasteiger partial charge in [0, 0.05) is 19.0 Å². The molecule has 0 saturated carbocycles. The predicted octanol–water partition coefficient (Wildman–Crippen LogP) is 2.79.